The van der Waals surface area contributed by atoms with Crippen LogP contribution in [0.25, 0.3) is 20.2 Å². The Hall–Kier alpha value is -2.45. The minimum atomic E-state index is 0.0787. The number of carbonyl (C=O) groups is 1. The van der Waals surface area contributed by atoms with Gasteiger partial charge in [-0.2, -0.15) is 0 Å². The van der Waals surface area contributed by atoms with Gasteiger partial charge in [0.15, 0.2) is 5.78 Å². The smallest absolute Gasteiger partial charge is 0.193 e. The van der Waals surface area contributed by atoms with Crippen molar-refractivity contribution < 1.29 is 4.79 Å². The summed E-state index contributed by atoms with van der Waals surface area (Å²) in [5.74, 6) is 0.0787. The highest BCUT2D eigenvalue weighted by molar-refractivity contribution is 7.25. The van der Waals surface area contributed by atoms with Gasteiger partial charge in [-0.1, -0.05) is 60.7 Å². The van der Waals surface area contributed by atoms with Gasteiger partial charge in [0.2, 0.25) is 0 Å². The monoisotopic (exact) mass is 288 g/mol. The average Bonchev–Trinajstić information content (AvgIpc) is 2.92. The molecule has 0 aliphatic heterocycles. The zero-order valence-electron chi connectivity index (χ0n) is 11.2. The number of fused-ring (bicyclic) bond motifs is 3. The fourth-order valence-corrected chi connectivity index (χ4v) is 3.77. The van der Waals surface area contributed by atoms with Crippen LogP contribution in [0.2, 0.25) is 0 Å². The summed E-state index contributed by atoms with van der Waals surface area (Å²) < 4.78 is 2.43. The van der Waals surface area contributed by atoms with Gasteiger partial charge in [0.05, 0.1) is 0 Å². The molecule has 0 aliphatic carbocycles. The van der Waals surface area contributed by atoms with E-state index in [9.17, 15) is 4.79 Å². The molecule has 0 saturated heterocycles. The Morgan fingerprint density at radius 1 is 0.667 bits per heavy atom. The van der Waals surface area contributed by atoms with Crippen LogP contribution in [0.1, 0.15) is 15.9 Å². The molecule has 0 aliphatic rings. The number of ketones is 1. The van der Waals surface area contributed by atoms with Crippen LogP contribution in [-0.4, -0.2) is 5.78 Å². The summed E-state index contributed by atoms with van der Waals surface area (Å²) in [6, 6.07) is 23.8. The summed E-state index contributed by atoms with van der Waals surface area (Å²) in [5, 5.41) is 2.48. The minimum Gasteiger partial charge on any atom is -0.289 e. The SMILES string of the molecule is O=C(c1ccccc1)c1ccc2c(c1)sc1ccccc12. The predicted octanol–water partition coefficient (Wildman–Crippen LogP) is 5.29. The first-order valence-corrected chi connectivity index (χ1v) is 7.65. The highest BCUT2D eigenvalue weighted by Gasteiger charge is 2.11. The maximum absolute atomic E-state index is 12.5. The molecule has 0 saturated carbocycles. The van der Waals surface area contributed by atoms with Crippen LogP contribution in [0.4, 0.5) is 0 Å². The predicted molar refractivity (Wildman–Crippen MR) is 89.2 cm³/mol. The third-order valence-corrected chi connectivity index (χ3v) is 4.81. The number of hydrogen-bond acceptors (Lipinski definition) is 2. The third kappa shape index (κ3) is 2.05. The van der Waals surface area contributed by atoms with E-state index in [0.717, 1.165) is 15.8 Å². The Labute approximate surface area is 126 Å². The Balaban J connectivity index is 1.88. The van der Waals surface area contributed by atoms with E-state index in [-0.39, 0.29) is 5.78 Å². The summed E-state index contributed by atoms with van der Waals surface area (Å²) in [4.78, 5) is 12.5. The average molecular weight is 288 g/mol. The molecule has 4 aromatic rings. The van der Waals surface area contributed by atoms with Gasteiger partial charge in [-0.25, -0.2) is 0 Å². The number of carbonyl (C=O) groups excluding carboxylic acids is 1. The van der Waals surface area contributed by atoms with Gasteiger partial charge in [-0.3, -0.25) is 4.79 Å². The largest absolute Gasteiger partial charge is 0.289 e. The van der Waals surface area contributed by atoms with Gasteiger partial charge in [0, 0.05) is 31.3 Å². The maximum Gasteiger partial charge on any atom is 0.193 e. The van der Waals surface area contributed by atoms with Crippen molar-refractivity contribution >= 4 is 37.3 Å². The molecule has 0 amide bonds. The van der Waals surface area contributed by atoms with E-state index in [0.29, 0.717) is 0 Å². The molecule has 0 unspecified atom stereocenters. The molecule has 0 N–H and O–H groups in total. The lowest BCUT2D eigenvalue weighted by Crippen LogP contribution is -2.00. The number of hydrogen-bond donors (Lipinski definition) is 0. The molecule has 0 fully saturated rings. The van der Waals surface area contributed by atoms with Gasteiger partial charge in [-0.05, 0) is 12.1 Å². The molecule has 0 bridgehead atoms. The van der Waals surface area contributed by atoms with Crippen molar-refractivity contribution in [2.45, 2.75) is 0 Å². The molecule has 4 rings (SSSR count). The first-order chi connectivity index (χ1) is 10.3. The lowest BCUT2D eigenvalue weighted by molar-refractivity contribution is 0.103. The molecule has 1 aromatic heterocycles. The molecular weight excluding hydrogens is 276 g/mol. The summed E-state index contributed by atoms with van der Waals surface area (Å²) in [6.45, 7) is 0. The quantitative estimate of drug-likeness (QED) is 0.458. The molecule has 3 aromatic carbocycles. The first-order valence-electron chi connectivity index (χ1n) is 6.84. The highest BCUT2D eigenvalue weighted by Crippen LogP contribution is 2.34. The number of thiophene rings is 1. The normalized spacial score (nSPS) is 11.0. The first kappa shape index (κ1) is 12.3. The van der Waals surface area contributed by atoms with Crippen molar-refractivity contribution in [1.82, 2.24) is 0 Å². The molecule has 1 nitrogen and oxygen atoms in total. The van der Waals surface area contributed by atoms with Crippen molar-refractivity contribution in [3.8, 4) is 0 Å². The van der Waals surface area contributed by atoms with Gasteiger partial charge in [0.25, 0.3) is 0 Å². The van der Waals surface area contributed by atoms with E-state index in [1.807, 2.05) is 48.5 Å². The number of rotatable bonds is 2. The van der Waals surface area contributed by atoms with Crippen molar-refractivity contribution in [2.24, 2.45) is 0 Å². The second kappa shape index (κ2) is 4.83. The van der Waals surface area contributed by atoms with Crippen LogP contribution in [0.3, 0.4) is 0 Å². The van der Waals surface area contributed by atoms with Gasteiger partial charge < -0.3 is 0 Å². The van der Waals surface area contributed by atoms with E-state index in [2.05, 4.69) is 24.3 Å². The third-order valence-electron chi connectivity index (χ3n) is 3.68. The lowest BCUT2D eigenvalue weighted by atomic mass is 10.0. The van der Waals surface area contributed by atoms with E-state index in [1.165, 1.54) is 15.5 Å². The van der Waals surface area contributed by atoms with Crippen molar-refractivity contribution in [3.05, 3.63) is 83.9 Å². The molecular formula is C19H12OS. The van der Waals surface area contributed by atoms with Crippen LogP contribution in [0.15, 0.2) is 72.8 Å². The second-order valence-corrected chi connectivity index (χ2v) is 6.09. The molecule has 2 heteroatoms. The fourth-order valence-electron chi connectivity index (χ4n) is 2.62. The lowest BCUT2D eigenvalue weighted by Gasteiger charge is -2.01. The van der Waals surface area contributed by atoms with Gasteiger partial charge in [-0.15, -0.1) is 11.3 Å². The highest BCUT2D eigenvalue weighted by atomic mass is 32.1. The summed E-state index contributed by atoms with van der Waals surface area (Å²) >= 11 is 1.74. The van der Waals surface area contributed by atoms with Gasteiger partial charge in [0.1, 0.15) is 0 Å². The van der Waals surface area contributed by atoms with Crippen molar-refractivity contribution in [3.63, 3.8) is 0 Å². The molecule has 0 radical (unpaired) electrons. The van der Waals surface area contributed by atoms with Crippen LogP contribution >= 0.6 is 11.3 Å². The van der Waals surface area contributed by atoms with Gasteiger partial charge >= 0.3 is 0 Å². The Morgan fingerprint density at radius 2 is 1.38 bits per heavy atom. The summed E-state index contributed by atoms with van der Waals surface area (Å²) in [6.07, 6.45) is 0. The molecule has 0 atom stereocenters. The van der Waals surface area contributed by atoms with Crippen LogP contribution in [-0.2, 0) is 0 Å². The number of benzene rings is 3. The second-order valence-electron chi connectivity index (χ2n) is 5.00. The standard InChI is InChI=1S/C19H12OS/c20-19(13-6-2-1-3-7-13)14-10-11-16-15-8-4-5-9-17(15)21-18(16)12-14/h1-12H. The van der Waals surface area contributed by atoms with E-state index >= 15 is 0 Å². The van der Waals surface area contributed by atoms with Crippen LogP contribution in [0.5, 0.6) is 0 Å². The zero-order valence-corrected chi connectivity index (χ0v) is 12.1. The van der Waals surface area contributed by atoms with Crippen LogP contribution < -0.4 is 0 Å². The molecule has 100 valence electrons. The maximum atomic E-state index is 12.5. The Kier molecular flexibility index (Phi) is 2.83. The topological polar surface area (TPSA) is 17.1 Å². The molecule has 1 heterocycles. The zero-order chi connectivity index (χ0) is 14.2. The Bertz CT molecular complexity index is 951. The van der Waals surface area contributed by atoms with Crippen molar-refractivity contribution in [1.29, 1.82) is 0 Å². The van der Waals surface area contributed by atoms with Crippen molar-refractivity contribution in [2.75, 3.05) is 0 Å². The summed E-state index contributed by atoms with van der Waals surface area (Å²) in [5.41, 5.74) is 1.48. The van der Waals surface area contributed by atoms with E-state index in [1.54, 1.807) is 11.3 Å². The molecule has 0 spiro atoms. The van der Waals surface area contributed by atoms with E-state index in [4.69, 9.17) is 0 Å². The van der Waals surface area contributed by atoms with Crippen LogP contribution in [0, 0.1) is 0 Å². The minimum absolute atomic E-state index is 0.0787. The summed E-state index contributed by atoms with van der Waals surface area (Å²) in [7, 11) is 0. The fraction of sp³-hybridized carbons (Fsp3) is 0. The molecule has 21 heavy (non-hydrogen) atoms. The van der Waals surface area contributed by atoms with E-state index < -0.39 is 0 Å². The Morgan fingerprint density at radius 3 is 2.24 bits per heavy atom.